The summed E-state index contributed by atoms with van der Waals surface area (Å²) < 4.78 is 11.5. The van der Waals surface area contributed by atoms with E-state index in [4.69, 9.17) is 19.4 Å². The summed E-state index contributed by atoms with van der Waals surface area (Å²) in [4.78, 5) is 16.1. The zero-order valence-corrected chi connectivity index (χ0v) is 31.9. The van der Waals surface area contributed by atoms with E-state index in [1.807, 2.05) is 29.5 Å². The summed E-state index contributed by atoms with van der Waals surface area (Å²) in [7, 11) is 0. The second-order valence-electron chi connectivity index (χ2n) is 14.3. The topological polar surface area (TPSA) is 51.8 Å². The second kappa shape index (κ2) is 12.8. The van der Waals surface area contributed by atoms with E-state index in [1.165, 1.54) is 40.3 Å². The Kier molecular flexibility index (Phi) is 7.24. The fourth-order valence-electron chi connectivity index (χ4n) is 8.35. The van der Waals surface area contributed by atoms with Crippen molar-refractivity contribution >= 4 is 85.0 Å². The van der Waals surface area contributed by atoms with Crippen LogP contribution in [0.25, 0.3) is 119 Å². The van der Waals surface area contributed by atoms with E-state index in [2.05, 4.69) is 158 Å². The lowest BCUT2D eigenvalue weighted by Gasteiger charge is -2.15. The number of furan rings is 1. The molecule has 57 heavy (non-hydrogen) atoms. The minimum atomic E-state index is 0.597. The zero-order valence-electron chi connectivity index (χ0n) is 30.3. The van der Waals surface area contributed by atoms with Crippen LogP contribution in [-0.2, 0) is 0 Å². The Morgan fingerprint density at radius 1 is 0.333 bits per heavy atom. The van der Waals surface area contributed by atoms with E-state index in [1.54, 1.807) is 11.3 Å². The SMILES string of the molecule is c1ccc(-c2cccc(-c3nc(-c4ccc5c(c4)sc4ccccc45)nc(-c4c(-c5cccc6sc7ccccc7c56)ccc5oc6ccccc6c45)n3)c2)cc1. The third kappa shape index (κ3) is 5.22. The number of nitrogens with zero attached hydrogens (tertiary/aromatic N) is 3. The third-order valence-corrected chi connectivity index (χ3v) is 13.2. The predicted molar refractivity (Wildman–Crippen MR) is 240 cm³/mol. The lowest BCUT2D eigenvalue weighted by atomic mass is 9.92. The molecular weight excluding hydrogens is 735 g/mol. The molecule has 12 aromatic rings. The van der Waals surface area contributed by atoms with E-state index >= 15 is 0 Å². The van der Waals surface area contributed by atoms with Crippen LogP contribution >= 0.6 is 22.7 Å². The number of thiophene rings is 2. The molecule has 0 unspecified atom stereocenters. The smallest absolute Gasteiger partial charge is 0.165 e. The van der Waals surface area contributed by atoms with Crippen LogP contribution in [0.2, 0.25) is 0 Å². The maximum atomic E-state index is 6.55. The molecule has 4 aromatic heterocycles. The first-order valence-corrected chi connectivity index (χ1v) is 20.6. The number of hydrogen-bond acceptors (Lipinski definition) is 6. The Labute approximate surface area is 335 Å². The lowest BCUT2D eigenvalue weighted by molar-refractivity contribution is 0.669. The monoisotopic (exact) mass is 763 g/mol. The second-order valence-corrected chi connectivity index (χ2v) is 16.5. The molecule has 0 atom stereocenters. The average molecular weight is 764 g/mol. The molecule has 266 valence electrons. The van der Waals surface area contributed by atoms with Crippen LogP contribution in [0.4, 0.5) is 0 Å². The summed E-state index contributed by atoms with van der Waals surface area (Å²) in [6.07, 6.45) is 0. The number of hydrogen-bond donors (Lipinski definition) is 0. The Balaban J connectivity index is 1.17. The Bertz CT molecular complexity index is 3540. The van der Waals surface area contributed by atoms with E-state index in [9.17, 15) is 0 Å². The maximum absolute atomic E-state index is 6.55. The van der Waals surface area contributed by atoms with Crippen molar-refractivity contribution in [3.05, 3.63) is 176 Å². The van der Waals surface area contributed by atoms with Crippen molar-refractivity contribution in [2.24, 2.45) is 0 Å². The first-order chi connectivity index (χ1) is 28.2. The van der Waals surface area contributed by atoms with Gasteiger partial charge in [0.15, 0.2) is 17.5 Å². The summed E-state index contributed by atoms with van der Waals surface area (Å²) in [6, 6.07) is 62.0. The molecule has 4 heterocycles. The molecule has 0 saturated carbocycles. The highest BCUT2D eigenvalue weighted by atomic mass is 32.1. The number of para-hydroxylation sites is 1. The fraction of sp³-hybridized carbons (Fsp3) is 0. The highest BCUT2D eigenvalue weighted by Gasteiger charge is 2.24. The number of rotatable bonds is 5. The van der Waals surface area contributed by atoms with Crippen LogP contribution in [-0.4, -0.2) is 15.0 Å². The quantitative estimate of drug-likeness (QED) is 0.175. The molecule has 0 N–H and O–H groups in total. The van der Waals surface area contributed by atoms with Crippen molar-refractivity contribution in [3.8, 4) is 56.4 Å². The minimum Gasteiger partial charge on any atom is -0.456 e. The molecule has 12 rings (SSSR count). The Hall–Kier alpha value is -6.99. The van der Waals surface area contributed by atoms with Crippen molar-refractivity contribution in [1.29, 1.82) is 0 Å². The van der Waals surface area contributed by atoms with Crippen LogP contribution in [0.5, 0.6) is 0 Å². The van der Waals surface area contributed by atoms with Gasteiger partial charge in [-0.05, 0) is 70.8 Å². The fourth-order valence-corrected chi connectivity index (χ4v) is 10.6. The van der Waals surface area contributed by atoms with Crippen LogP contribution < -0.4 is 0 Å². The van der Waals surface area contributed by atoms with Gasteiger partial charge in [0.25, 0.3) is 0 Å². The summed E-state index contributed by atoms with van der Waals surface area (Å²) in [5.74, 6) is 1.83. The first kappa shape index (κ1) is 32.3. The molecule has 0 aliphatic heterocycles. The highest BCUT2D eigenvalue weighted by Crippen LogP contribution is 2.47. The van der Waals surface area contributed by atoms with Gasteiger partial charge in [0.2, 0.25) is 0 Å². The summed E-state index contributed by atoms with van der Waals surface area (Å²) in [5.41, 5.74) is 8.81. The van der Waals surface area contributed by atoms with Gasteiger partial charge < -0.3 is 4.42 Å². The summed E-state index contributed by atoms with van der Waals surface area (Å²) in [5, 5.41) is 6.97. The van der Waals surface area contributed by atoms with Gasteiger partial charge in [0, 0.05) is 67.8 Å². The minimum absolute atomic E-state index is 0.597. The van der Waals surface area contributed by atoms with E-state index in [0.29, 0.717) is 17.5 Å². The van der Waals surface area contributed by atoms with Gasteiger partial charge >= 0.3 is 0 Å². The van der Waals surface area contributed by atoms with Crippen LogP contribution in [0, 0.1) is 0 Å². The summed E-state index contributed by atoms with van der Waals surface area (Å²) in [6.45, 7) is 0. The normalized spacial score (nSPS) is 11.9. The van der Waals surface area contributed by atoms with E-state index in [0.717, 1.165) is 60.9 Å². The highest BCUT2D eigenvalue weighted by molar-refractivity contribution is 7.26. The van der Waals surface area contributed by atoms with Gasteiger partial charge in [0.05, 0.1) is 0 Å². The van der Waals surface area contributed by atoms with E-state index in [-0.39, 0.29) is 0 Å². The van der Waals surface area contributed by atoms with Crippen molar-refractivity contribution in [1.82, 2.24) is 15.0 Å². The van der Waals surface area contributed by atoms with Gasteiger partial charge in [-0.25, -0.2) is 15.0 Å². The molecule has 0 aliphatic rings. The maximum Gasteiger partial charge on any atom is 0.165 e. The molecule has 0 fully saturated rings. The van der Waals surface area contributed by atoms with Gasteiger partial charge in [0.1, 0.15) is 11.2 Å². The number of benzene rings is 8. The largest absolute Gasteiger partial charge is 0.456 e. The van der Waals surface area contributed by atoms with Crippen LogP contribution in [0.15, 0.2) is 180 Å². The van der Waals surface area contributed by atoms with E-state index < -0.39 is 0 Å². The van der Waals surface area contributed by atoms with Gasteiger partial charge in [-0.2, -0.15) is 0 Å². The molecule has 8 aromatic carbocycles. The van der Waals surface area contributed by atoms with Gasteiger partial charge in [-0.3, -0.25) is 0 Å². The molecule has 4 nitrogen and oxygen atoms in total. The van der Waals surface area contributed by atoms with Crippen molar-refractivity contribution in [3.63, 3.8) is 0 Å². The van der Waals surface area contributed by atoms with Crippen LogP contribution in [0.3, 0.4) is 0 Å². The molecule has 0 saturated heterocycles. The molecule has 0 bridgehead atoms. The van der Waals surface area contributed by atoms with Crippen molar-refractivity contribution in [2.75, 3.05) is 0 Å². The molecule has 0 radical (unpaired) electrons. The van der Waals surface area contributed by atoms with Crippen molar-refractivity contribution < 1.29 is 4.42 Å². The predicted octanol–water partition coefficient (Wildman–Crippen LogP) is 14.8. The number of aromatic nitrogens is 3. The Morgan fingerprint density at radius 3 is 1.81 bits per heavy atom. The zero-order chi connectivity index (χ0) is 37.5. The average Bonchev–Trinajstić information content (AvgIpc) is 3.97. The molecule has 0 spiro atoms. The molecule has 0 aliphatic carbocycles. The molecule has 6 heteroatoms. The first-order valence-electron chi connectivity index (χ1n) is 18.9. The Morgan fingerprint density at radius 2 is 0.947 bits per heavy atom. The van der Waals surface area contributed by atoms with Crippen LogP contribution in [0.1, 0.15) is 0 Å². The number of fused-ring (bicyclic) bond motifs is 9. The van der Waals surface area contributed by atoms with Gasteiger partial charge in [-0.1, -0.05) is 127 Å². The lowest BCUT2D eigenvalue weighted by Crippen LogP contribution is -2.02. The standard InChI is InChI=1S/C51H29N3OS2/c1-2-12-30(13-3-1)31-14-10-15-32(28-31)49-52-50(33-24-25-35-34-16-5-8-21-42(34)57-45(35)29-33)54-51(53-49)48-37(26-27-41-47(48)38-17-4-7-20-40(38)55-41)36-19-11-23-44-46(36)39-18-6-9-22-43(39)56-44/h1-29H. The molecule has 0 amide bonds. The third-order valence-electron chi connectivity index (χ3n) is 11.0. The summed E-state index contributed by atoms with van der Waals surface area (Å²) >= 11 is 3.62. The van der Waals surface area contributed by atoms with Crippen molar-refractivity contribution in [2.45, 2.75) is 0 Å². The molecular formula is C51H29N3OS2. The van der Waals surface area contributed by atoms with Gasteiger partial charge in [-0.15, -0.1) is 22.7 Å².